The van der Waals surface area contributed by atoms with E-state index in [0.29, 0.717) is 11.5 Å². The number of aromatic amines is 1. The van der Waals surface area contributed by atoms with E-state index in [1.165, 1.54) is 18.3 Å². The van der Waals surface area contributed by atoms with Gasteiger partial charge in [-0.15, -0.1) is 0 Å². The molecule has 3 rings (SSSR count). The standard InChI is InChI=1S/C15H11F3N4/c16-15(17,18)11-7-5-10(6-8-11)9-19-22-14-20-12-3-1-2-4-13(12)21-14/h1-9H,(H2,20,21,22)/b19-9-. The summed E-state index contributed by atoms with van der Waals surface area (Å²) in [5, 5.41) is 3.95. The highest BCUT2D eigenvalue weighted by molar-refractivity contribution is 5.81. The molecule has 2 aromatic carbocycles. The molecule has 2 N–H and O–H groups in total. The predicted octanol–water partition coefficient (Wildman–Crippen LogP) is 4.03. The molecule has 112 valence electrons. The number of benzene rings is 2. The summed E-state index contributed by atoms with van der Waals surface area (Å²) in [6.07, 6.45) is -2.91. The van der Waals surface area contributed by atoms with E-state index in [0.717, 1.165) is 23.2 Å². The fourth-order valence-electron chi connectivity index (χ4n) is 1.93. The largest absolute Gasteiger partial charge is 0.416 e. The molecule has 0 amide bonds. The van der Waals surface area contributed by atoms with Crippen LogP contribution in [0.2, 0.25) is 0 Å². The Labute approximate surface area is 123 Å². The van der Waals surface area contributed by atoms with Gasteiger partial charge in [0.15, 0.2) is 0 Å². The molecule has 0 spiro atoms. The number of nitrogens with one attached hydrogen (secondary N) is 2. The lowest BCUT2D eigenvalue weighted by molar-refractivity contribution is -0.137. The molecule has 1 heterocycles. The summed E-state index contributed by atoms with van der Waals surface area (Å²) in [6, 6.07) is 12.2. The quantitative estimate of drug-likeness (QED) is 0.567. The van der Waals surface area contributed by atoms with Gasteiger partial charge >= 0.3 is 6.18 Å². The van der Waals surface area contributed by atoms with Gasteiger partial charge in [0.25, 0.3) is 0 Å². The van der Waals surface area contributed by atoms with Gasteiger partial charge in [0.1, 0.15) is 0 Å². The summed E-state index contributed by atoms with van der Waals surface area (Å²) in [4.78, 5) is 7.29. The number of fused-ring (bicyclic) bond motifs is 1. The van der Waals surface area contributed by atoms with E-state index in [1.54, 1.807) is 0 Å². The third kappa shape index (κ3) is 3.08. The molecule has 0 aliphatic heterocycles. The van der Waals surface area contributed by atoms with Gasteiger partial charge in [0.05, 0.1) is 22.8 Å². The molecule has 1 aromatic heterocycles. The summed E-state index contributed by atoms with van der Waals surface area (Å²) in [5.41, 5.74) is 4.25. The molecule has 0 saturated heterocycles. The molecule has 7 heteroatoms. The van der Waals surface area contributed by atoms with E-state index in [2.05, 4.69) is 20.5 Å². The minimum Gasteiger partial charge on any atom is -0.323 e. The van der Waals surface area contributed by atoms with Crippen molar-refractivity contribution < 1.29 is 13.2 Å². The van der Waals surface area contributed by atoms with Crippen LogP contribution < -0.4 is 5.43 Å². The van der Waals surface area contributed by atoms with Crippen LogP contribution in [0.1, 0.15) is 11.1 Å². The zero-order valence-corrected chi connectivity index (χ0v) is 11.2. The van der Waals surface area contributed by atoms with Gasteiger partial charge in [-0.05, 0) is 29.8 Å². The number of para-hydroxylation sites is 2. The number of alkyl halides is 3. The van der Waals surface area contributed by atoms with Crippen LogP contribution in [0.15, 0.2) is 53.6 Å². The van der Waals surface area contributed by atoms with E-state index in [1.807, 2.05) is 24.3 Å². The van der Waals surface area contributed by atoms with Crippen molar-refractivity contribution >= 4 is 23.2 Å². The Hall–Kier alpha value is -2.83. The van der Waals surface area contributed by atoms with Crippen molar-refractivity contribution in [2.24, 2.45) is 5.10 Å². The Kier molecular flexibility index (Phi) is 3.54. The third-order valence-corrected chi connectivity index (χ3v) is 3.01. The number of halogens is 3. The van der Waals surface area contributed by atoms with Gasteiger partial charge in [-0.3, -0.25) is 0 Å². The van der Waals surface area contributed by atoms with Crippen LogP contribution in [-0.2, 0) is 6.18 Å². The van der Waals surface area contributed by atoms with Crippen molar-refractivity contribution in [3.8, 4) is 0 Å². The van der Waals surface area contributed by atoms with Crippen molar-refractivity contribution in [3.63, 3.8) is 0 Å². The van der Waals surface area contributed by atoms with Crippen LogP contribution in [0.25, 0.3) is 11.0 Å². The monoisotopic (exact) mass is 304 g/mol. The van der Waals surface area contributed by atoms with Crippen molar-refractivity contribution in [1.29, 1.82) is 0 Å². The highest BCUT2D eigenvalue weighted by Crippen LogP contribution is 2.28. The second kappa shape index (κ2) is 5.51. The molecule has 0 aliphatic rings. The van der Waals surface area contributed by atoms with Crippen molar-refractivity contribution in [1.82, 2.24) is 9.97 Å². The molecule has 0 saturated carbocycles. The first-order valence-corrected chi connectivity index (χ1v) is 6.43. The molecule has 22 heavy (non-hydrogen) atoms. The number of H-pyrrole nitrogens is 1. The van der Waals surface area contributed by atoms with Gasteiger partial charge < -0.3 is 4.98 Å². The molecule has 0 bridgehead atoms. The highest BCUT2D eigenvalue weighted by Gasteiger charge is 2.29. The second-order valence-electron chi connectivity index (χ2n) is 4.59. The Bertz CT molecular complexity index is 771. The summed E-state index contributed by atoms with van der Waals surface area (Å²) >= 11 is 0. The Morgan fingerprint density at radius 3 is 2.45 bits per heavy atom. The number of hydrazone groups is 1. The molecule has 3 aromatic rings. The van der Waals surface area contributed by atoms with Crippen LogP contribution >= 0.6 is 0 Å². The zero-order chi connectivity index (χ0) is 15.6. The number of aromatic nitrogens is 2. The minimum atomic E-state index is -4.33. The molecular formula is C15H11F3N4. The van der Waals surface area contributed by atoms with Gasteiger partial charge in [-0.2, -0.15) is 18.3 Å². The van der Waals surface area contributed by atoms with Crippen LogP contribution in [0.3, 0.4) is 0 Å². The van der Waals surface area contributed by atoms with Gasteiger partial charge in [0, 0.05) is 0 Å². The Balaban J connectivity index is 1.69. The molecule has 0 unspecified atom stereocenters. The lowest BCUT2D eigenvalue weighted by Gasteiger charge is -2.05. The van der Waals surface area contributed by atoms with Gasteiger partial charge in [-0.1, -0.05) is 24.3 Å². The number of rotatable bonds is 3. The minimum absolute atomic E-state index is 0.462. The van der Waals surface area contributed by atoms with Crippen molar-refractivity contribution in [2.75, 3.05) is 5.43 Å². The third-order valence-electron chi connectivity index (χ3n) is 3.01. The summed E-state index contributed by atoms with van der Waals surface area (Å²) < 4.78 is 37.3. The van der Waals surface area contributed by atoms with E-state index in [-0.39, 0.29) is 0 Å². The zero-order valence-electron chi connectivity index (χ0n) is 11.2. The summed E-state index contributed by atoms with van der Waals surface area (Å²) in [6.45, 7) is 0. The SMILES string of the molecule is FC(F)(F)c1ccc(/C=N\Nc2nc3ccccc3[nH]2)cc1. The average Bonchev–Trinajstić information content (AvgIpc) is 2.89. The fourth-order valence-corrected chi connectivity index (χ4v) is 1.93. The number of hydrogen-bond acceptors (Lipinski definition) is 3. The van der Waals surface area contributed by atoms with E-state index < -0.39 is 11.7 Å². The molecule has 0 atom stereocenters. The van der Waals surface area contributed by atoms with Crippen LogP contribution in [0.4, 0.5) is 19.1 Å². The highest BCUT2D eigenvalue weighted by atomic mass is 19.4. The van der Waals surface area contributed by atoms with Crippen LogP contribution in [0, 0.1) is 0 Å². The predicted molar refractivity (Wildman–Crippen MR) is 78.8 cm³/mol. The average molecular weight is 304 g/mol. The number of anilines is 1. The Morgan fingerprint density at radius 1 is 1.05 bits per heavy atom. The summed E-state index contributed by atoms with van der Waals surface area (Å²) in [7, 11) is 0. The first kappa shape index (κ1) is 14.1. The number of hydrogen-bond donors (Lipinski definition) is 2. The van der Waals surface area contributed by atoms with Gasteiger partial charge in [-0.25, -0.2) is 10.4 Å². The van der Waals surface area contributed by atoms with Gasteiger partial charge in [0.2, 0.25) is 5.95 Å². The second-order valence-corrected chi connectivity index (χ2v) is 4.59. The summed E-state index contributed by atoms with van der Waals surface area (Å²) in [5.74, 6) is 0.462. The van der Waals surface area contributed by atoms with Crippen molar-refractivity contribution in [2.45, 2.75) is 6.18 Å². The van der Waals surface area contributed by atoms with E-state index in [4.69, 9.17) is 0 Å². The lowest BCUT2D eigenvalue weighted by atomic mass is 10.1. The van der Waals surface area contributed by atoms with Crippen LogP contribution in [0.5, 0.6) is 0 Å². The fraction of sp³-hybridized carbons (Fsp3) is 0.0667. The lowest BCUT2D eigenvalue weighted by Crippen LogP contribution is -2.04. The maximum absolute atomic E-state index is 12.4. The normalized spacial score (nSPS) is 12.1. The topological polar surface area (TPSA) is 53.1 Å². The molecule has 0 radical (unpaired) electrons. The molecule has 0 aliphatic carbocycles. The number of imidazole rings is 1. The maximum atomic E-state index is 12.4. The van der Waals surface area contributed by atoms with Crippen LogP contribution in [-0.4, -0.2) is 16.2 Å². The first-order valence-electron chi connectivity index (χ1n) is 6.43. The van der Waals surface area contributed by atoms with E-state index in [9.17, 15) is 13.2 Å². The van der Waals surface area contributed by atoms with E-state index >= 15 is 0 Å². The first-order chi connectivity index (χ1) is 10.5. The smallest absolute Gasteiger partial charge is 0.323 e. The number of nitrogens with zero attached hydrogens (tertiary/aromatic N) is 2. The molecule has 0 fully saturated rings. The maximum Gasteiger partial charge on any atom is 0.416 e. The molecular weight excluding hydrogens is 293 g/mol. The molecule has 4 nitrogen and oxygen atoms in total. The Morgan fingerprint density at radius 2 is 1.77 bits per heavy atom. The van der Waals surface area contributed by atoms with Crippen molar-refractivity contribution in [3.05, 3.63) is 59.7 Å².